The number of nitrogens with one attached hydrogen (secondary N) is 1. The second-order valence-corrected chi connectivity index (χ2v) is 14.9. The Morgan fingerprint density at radius 1 is 0.896 bits per heavy atom. The summed E-state index contributed by atoms with van der Waals surface area (Å²) in [5.41, 5.74) is -1.05. The van der Waals surface area contributed by atoms with Crippen LogP contribution in [-0.4, -0.2) is 66.2 Å². The lowest BCUT2D eigenvalue weighted by atomic mass is 10.1. The molecule has 48 heavy (non-hydrogen) atoms. The summed E-state index contributed by atoms with van der Waals surface area (Å²) in [5.74, 6) is -1.13. The average molecular weight is 700 g/mol. The maximum Gasteiger partial charge on any atom is 0.340 e. The number of hydrogen-bond acceptors (Lipinski definition) is 11. The summed E-state index contributed by atoms with van der Waals surface area (Å²) in [6.07, 6.45) is 0.991. The van der Waals surface area contributed by atoms with E-state index >= 15 is 0 Å². The van der Waals surface area contributed by atoms with E-state index in [1.165, 1.54) is 75.7 Å². The molecule has 3 aromatic carbocycles. The molecule has 0 aliphatic carbocycles. The van der Waals surface area contributed by atoms with E-state index in [4.69, 9.17) is 18.9 Å². The summed E-state index contributed by atoms with van der Waals surface area (Å²) in [4.78, 5) is 29.9. The smallest absolute Gasteiger partial charge is 0.340 e. The van der Waals surface area contributed by atoms with E-state index in [0.29, 0.717) is 11.5 Å². The van der Waals surface area contributed by atoms with Gasteiger partial charge in [-0.3, -0.25) is 4.72 Å². The Bertz CT molecular complexity index is 2040. The third-order valence-electron chi connectivity index (χ3n) is 6.92. The maximum atomic E-state index is 14.2. The van der Waals surface area contributed by atoms with E-state index in [1.54, 1.807) is 39.8 Å². The molecular weight excluding hydrogens is 663 g/mol. The Balaban J connectivity index is 1.88. The van der Waals surface area contributed by atoms with Crippen molar-refractivity contribution in [2.24, 2.45) is 0 Å². The molecule has 1 unspecified atom stereocenters. The summed E-state index contributed by atoms with van der Waals surface area (Å²) in [7, 11) is -6.12. The SMILES string of the molecule is CCOC(=O)C(C)N(c1ncc(S(=O)(=O)Nc2ccc(OC)cc2C(=O)OC(C)(C)C)c2ccccc12)S(=O)(=O)c1ccc(OC)cc1. The van der Waals surface area contributed by atoms with Crippen LogP contribution in [0.2, 0.25) is 0 Å². The van der Waals surface area contributed by atoms with Crippen LogP contribution in [0.15, 0.2) is 82.7 Å². The van der Waals surface area contributed by atoms with E-state index in [1.807, 2.05) is 0 Å². The van der Waals surface area contributed by atoms with E-state index in [0.717, 1.165) is 10.5 Å². The van der Waals surface area contributed by atoms with Gasteiger partial charge >= 0.3 is 11.9 Å². The van der Waals surface area contributed by atoms with Crippen molar-refractivity contribution in [1.82, 2.24) is 4.98 Å². The number of anilines is 2. The molecule has 0 aliphatic heterocycles. The molecule has 15 heteroatoms. The highest BCUT2D eigenvalue weighted by atomic mass is 32.2. The fourth-order valence-corrected chi connectivity index (χ4v) is 7.53. The standard InChI is InChI=1S/C33H37N3O10S2/c1-8-45-31(37)21(2)36(48(41,42)24-16-13-22(43-6)14-17-24)30-26-12-10-9-11-25(26)29(20-34-30)47(39,40)35-28-18-15-23(44-7)19-27(28)32(38)46-33(3,4)5/h9-21,35H,8H2,1-7H3. The van der Waals surface area contributed by atoms with Crippen LogP contribution in [0.3, 0.4) is 0 Å². The molecule has 0 saturated heterocycles. The number of benzene rings is 3. The molecule has 1 aromatic heterocycles. The first-order valence-electron chi connectivity index (χ1n) is 14.7. The van der Waals surface area contributed by atoms with Gasteiger partial charge in [0.05, 0.1) is 43.2 Å². The molecule has 1 N–H and O–H groups in total. The van der Waals surface area contributed by atoms with Crippen molar-refractivity contribution in [1.29, 1.82) is 0 Å². The minimum absolute atomic E-state index is 0.00668. The van der Waals surface area contributed by atoms with Crippen molar-refractivity contribution in [2.75, 3.05) is 29.9 Å². The minimum Gasteiger partial charge on any atom is -0.497 e. The second-order valence-electron chi connectivity index (χ2n) is 11.4. The van der Waals surface area contributed by atoms with Crippen molar-refractivity contribution < 1.29 is 45.4 Å². The Labute approximate surface area is 279 Å². The fourth-order valence-electron chi connectivity index (χ4n) is 4.71. The van der Waals surface area contributed by atoms with E-state index in [9.17, 15) is 26.4 Å². The fraction of sp³-hybridized carbons (Fsp3) is 0.303. The number of rotatable bonds is 12. The maximum absolute atomic E-state index is 14.2. The number of methoxy groups -OCH3 is 2. The predicted molar refractivity (Wildman–Crippen MR) is 179 cm³/mol. The van der Waals surface area contributed by atoms with Crippen molar-refractivity contribution in [3.05, 3.63) is 78.5 Å². The lowest BCUT2D eigenvalue weighted by Gasteiger charge is -2.29. The van der Waals surface area contributed by atoms with Crippen LogP contribution in [0, 0.1) is 0 Å². The van der Waals surface area contributed by atoms with Crippen molar-refractivity contribution in [3.8, 4) is 11.5 Å². The number of esters is 2. The molecular formula is C33H37N3O10S2. The highest BCUT2D eigenvalue weighted by Crippen LogP contribution is 2.36. The average Bonchev–Trinajstić information content (AvgIpc) is 3.04. The first-order chi connectivity index (χ1) is 22.5. The lowest BCUT2D eigenvalue weighted by molar-refractivity contribution is -0.144. The monoisotopic (exact) mass is 699 g/mol. The molecule has 0 fully saturated rings. The molecule has 0 saturated carbocycles. The number of sulfonamides is 2. The van der Waals surface area contributed by atoms with Gasteiger partial charge in [0.2, 0.25) is 0 Å². The van der Waals surface area contributed by atoms with E-state index < -0.39 is 43.6 Å². The molecule has 0 radical (unpaired) electrons. The van der Waals surface area contributed by atoms with Crippen LogP contribution in [0.4, 0.5) is 11.5 Å². The Morgan fingerprint density at radius 2 is 1.50 bits per heavy atom. The van der Waals surface area contributed by atoms with Crippen LogP contribution < -0.4 is 18.5 Å². The highest BCUT2D eigenvalue weighted by Gasteiger charge is 2.37. The van der Waals surface area contributed by atoms with Crippen LogP contribution in [0.1, 0.15) is 45.0 Å². The summed E-state index contributed by atoms with van der Waals surface area (Å²) in [5, 5.41) is 0.198. The van der Waals surface area contributed by atoms with Crippen LogP contribution >= 0.6 is 0 Å². The summed E-state index contributed by atoms with van der Waals surface area (Å²) in [6, 6.07) is 14.5. The normalized spacial score (nSPS) is 12.6. The minimum atomic E-state index is -4.48. The summed E-state index contributed by atoms with van der Waals surface area (Å²) in [6.45, 7) is 7.96. The van der Waals surface area contributed by atoms with E-state index in [2.05, 4.69) is 9.71 Å². The topological polar surface area (TPSA) is 168 Å². The van der Waals surface area contributed by atoms with Gasteiger partial charge in [0.15, 0.2) is 5.82 Å². The van der Waals surface area contributed by atoms with Gasteiger partial charge in [0.1, 0.15) is 28.0 Å². The number of aromatic nitrogens is 1. The zero-order chi connectivity index (χ0) is 35.4. The van der Waals surface area contributed by atoms with Gasteiger partial charge in [0.25, 0.3) is 20.0 Å². The lowest BCUT2D eigenvalue weighted by Crippen LogP contribution is -2.45. The number of ether oxygens (including phenoxy) is 4. The molecule has 1 heterocycles. The van der Waals surface area contributed by atoms with Crippen LogP contribution in [-0.2, 0) is 34.3 Å². The van der Waals surface area contributed by atoms with Crippen LogP contribution in [0.25, 0.3) is 10.8 Å². The molecule has 256 valence electrons. The zero-order valence-corrected chi connectivity index (χ0v) is 29.1. The Hall–Kier alpha value is -4.89. The molecule has 0 spiro atoms. The summed E-state index contributed by atoms with van der Waals surface area (Å²) >= 11 is 0. The van der Waals surface area contributed by atoms with E-state index in [-0.39, 0.29) is 44.2 Å². The van der Waals surface area contributed by atoms with Gasteiger partial charge in [-0.2, -0.15) is 0 Å². The van der Waals surface area contributed by atoms with Gasteiger partial charge in [0, 0.05) is 10.8 Å². The second kappa shape index (κ2) is 14.1. The van der Waals surface area contributed by atoms with Gasteiger partial charge in [-0.1, -0.05) is 24.3 Å². The number of fused-ring (bicyclic) bond motifs is 1. The number of hydrogen-bond donors (Lipinski definition) is 1. The number of pyridine rings is 1. The number of carbonyl (C=O) groups is 2. The third-order valence-corrected chi connectivity index (χ3v) is 10.2. The number of carbonyl (C=O) groups excluding carboxylic acids is 2. The molecule has 1 atom stereocenters. The molecule has 13 nitrogen and oxygen atoms in total. The summed E-state index contributed by atoms with van der Waals surface area (Å²) < 4.78 is 80.5. The Morgan fingerprint density at radius 3 is 2.08 bits per heavy atom. The molecule has 0 bridgehead atoms. The quantitative estimate of drug-likeness (QED) is 0.194. The van der Waals surface area contributed by atoms with Gasteiger partial charge < -0.3 is 18.9 Å². The van der Waals surface area contributed by atoms with Gasteiger partial charge in [-0.05, 0) is 77.1 Å². The van der Waals surface area contributed by atoms with Gasteiger partial charge in [-0.25, -0.2) is 35.7 Å². The predicted octanol–water partition coefficient (Wildman–Crippen LogP) is 5.16. The molecule has 4 aromatic rings. The highest BCUT2D eigenvalue weighted by molar-refractivity contribution is 7.93. The molecule has 4 rings (SSSR count). The number of nitrogens with zero attached hydrogens (tertiary/aromatic N) is 2. The first-order valence-corrected chi connectivity index (χ1v) is 17.6. The third kappa shape index (κ3) is 7.63. The zero-order valence-electron chi connectivity index (χ0n) is 27.5. The molecule has 0 amide bonds. The largest absolute Gasteiger partial charge is 0.497 e. The van der Waals surface area contributed by atoms with Crippen molar-refractivity contribution in [2.45, 2.75) is 56.1 Å². The van der Waals surface area contributed by atoms with Crippen LogP contribution in [0.5, 0.6) is 11.5 Å². The van der Waals surface area contributed by atoms with Crippen molar-refractivity contribution in [3.63, 3.8) is 0 Å². The first kappa shape index (κ1) is 36.0. The molecule has 0 aliphatic rings. The van der Waals surface area contributed by atoms with Gasteiger partial charge in [-0.15, -0.1) is 0 Å². The Kier molecular flexibility index (Phi) is 10.5. The van der Waals surface area contributed by atoms with Crippen molar-refractivity contribution >= 4 is 54.3 Å².